The summed E-state index contributed by atoms with van der Waals surface area (Å²) in [4.78, 5) is 4.65. The van der Waals surface area contributed by atoms with Crippen LogP contribution in [0.1, 0.15) is 42.5 Å². The molecular weight excluding hydrogens is 372 g/mol. The number of aromatic nitrogens is 3. The molecule has 3 aromatic rings. The summed E-state index contributed by atoms with van der Waals surface area (Å²) < 4.78 is 34.2. The summed E-state index contributed by atoms with van der Waals surface area (Å²) in [5.41, 5.74) is 4.49. The maximum atomic E-state index is 13.3. The zero-order chi connectivity index (χ0) is 20.3. The average molecular weight is 397 g/mol. The van der Waals surface area contributed by atoms with Crippen LogP contribution in [0, 0.1) is 5.92 Å². The van der Waals surface area contributed by atoms with Gasteiger partial charge in [-0.15, -0.1) is 0 Å². The van der Waals surface area contributed by atoms with Gasteiger partial charge in [-0.25, -0.2) is 18.3 Å². The van der Waals surface area contributed by atoms with Gasteiger partial charge in [0.1, 0.15) is 0 Å². The number of hydrogen-bond acceptors (Lipinski definition) is 3. The van der Waals surface area contributed by atoms with Crippen LogP contribution in [0.4, 0.5) is 8.78 Å². The zero-order valence-corrected chi connectivity index (χ0v) is 16.4. The molecule has 0 unspecified atom stereocenters. The maximum absolute atomic E-state index is 13.3. The molecule has 0 atom stereocenters. The number of ether oxygens (including phenoxy) is 1. The SMILES string of the molecule is C=C(COCc1ccccc1)c1cnn2cc(CC3CCC(F)(F)CC3)nc2c1. The minimum Gasteiger partial charge on any atom is -0.372 e. The number of rotatable bonds is 7. The fraction of sp³-hybridized carbons (Fsp3) is 0.391. The van der Waals surface area contributed by atoms with E-state index in [1.54, 1.807) is 10.7 Å². The van der Waals surface area contributed by atoms with E-state index in [1.807, 2.05) is 42.6 Å². The van der Waals surface area contributed by atoms with Gasteiger partial charge < -0.3 is 4.74 Å². The Hall–Kier alpha value is -2.60. The minimum atomic E-state index is -2.49. The Kier molecular flexibility index (Phi) is 5.72. The quantitative estimate of drug-likeness (QED) is 0.541. The lowest BCUT2D eigenvalue weighted by atomic mass is 9.84. The summed E-state index contributed by atoms with van der Waals surface area (Å²) in [5, 5.41) is 4.42. The molecule has 1 aromatic carbocycles. The maximum Gasteiger partial charge on any atom is 0.248 e. The average Bonchev–Trinajstić information content (AvgIpc) is 3.12. The van der Waals surface area contributed by atoms with Gasteiger partial charge in [-0.3, -0.25) is 0 Å². The van der Waals surface area contributed by atoms with Crippen molar-refractivity contribution in [1.29, 1.82) is 0 Å². The molecule has 2 heterocycles. The van der Waals surface area contributed by atoms with Crippen LogP contribution in [0.5, 0.6) is 0 Å². The Morgan fingerprint density at radius 2 is 1.97 bits per heavy atom. The van der Waals surface area contributed by atoms with Gasteiger partial charge in [0.15, 0.2) is 5.65 Å². The Morgan fingerprint density at radius 3 is 2.72 bits per heavy atom. The Balaban J connectivity index is 1.35. The normalized spacial score (nSPS) is 16.9. The first-order valence-electron chi connectivity index (χ1n) is 10.0. The first kappa shape index (κ1) is 19.7. The van der Waals surface area contributed by atoms with Gasteiger partial charge in [-0.05, 0) is 42.4 Å². The number of halogens is 2. The summed E-state index contributed by atoms with van der Waals surface area (Å²) in [6, 6.07) is 11.9. The van der Waals surface area contributed by atoms with Crippen LogP contribution in [0.25, 0.3) is 11.2 Å². The van der Waals surface area contributed by atoms with Gasteiger partial charge >= 0.3 is 0 Å². The molecule has 0 radical (unpaired) electrons. The first-order chi connectivity index (χ1) is 14.0. The van der Waals surface area contributed by atoms with Gasteiger partial charge in [-0.2, -0.15) is 5.10 Å². The highest BCUT2D eigenvalue weighted by Gasteiger charge is 2.35. The molecule has 152 valence electrons. The fourth-order valence-corrected chi connectivity index (χ4v) is 3.77. The van der Waals surface area contributed by atoms with Crippen LogP contribution in [0.3, 0.4) is 0 Å². The van der Waals surface area contributed by atoms with Gasteiger partial charge in [-0.1, -0.05) is 36.9 Å². The van der Waals surface area contributed by atoms with E-state index in [1.165, 1.54) is 0 Å². The predicted octanol–water partition coefficient (Wildman–Crippen LogP) is 5.33. The molecule has 1 aliphatic carbocycles. The number of fused-ring (bicyclic) bond motifs is 1. The van der Waals surface area contributed by atoms with Gasteiger partial charge in [0, 0.05) is 18.4 Å². The molecule has 4 nitrogen and oxygen atoms in total. The van der Waals surface area contributed by atoms with Crippen molar-refractivity contribution in [1.82, 2.24) is 14.6 Å². The van der Waals surface area contributed by atoms with Gasteiger partial charge in [0.25, 0.3) is 0 Å². The Bertz CT molecular complexity index is 974. The largest absolute Gasteiger partial charge is 0.372 e. The van der Waals surface area contributed by atoms with Crippen molar-refractivity contribution in [3.05, 3.63) is 72.2 Å². The van der Waals surface area contributed by atoms with Crippen molar-refractivity contribution in [2.75, 3.05) is 6.61 Å². The smallest absolute Gasteiger partial charge is 0.248 e. The Morgan fingerprint density at radius 1 is 1.21 bits per heavy atom. The van der Waals surface area contributed by atoms with Crippen LogP contribution in [0.15, 0.2) is 55.4 Å². The van der Waals surface area contributed by atoms with E-state index >= 15 is 0 Å². The molecule has 4 rings (SSSR count). The molecule has 0 bridgehead atoms. The van der Waals surface area contributed by atoms with Crippen LogP contribution < -0.4 is 0 Å². The highest BCUT2D eigenvalue weighted by Crippen LogP contribution is 2.37. The minimum absolute atomic E-state index is 0.0176. The van der Waals surface area contributed by atoms with E-state index in [0.717, 1.165) is 34.5 Å². The summed E-state index contributed by atoms with van der Waals surface area (Å²) in [5.74, 6) is -2.23. The van der Waals surface area contributed by atoms with Gasteiger partial charge in [0.05, 0.1) is 31.3 Å². The number of imidazole rings is 1. The van der Waals surface area contributed by atoms with Crippen LogP contribution in [-0.2, 0) is 17.8 Å². The number of benzene rings is 1. The van der Waals surface area contributed by atoms with Crippen LogP contribution in [0.2, 0.25) is 0 Å². The molecule has 1 saturated carbocycles. The lowest BCUT2D eigenvalue weighted by Gasteiger charge is -2.27. The topological polar surface area (TPSA) is 39.4 Å². The highest BCUT2D eigenvalue weighted by atomic mass is 19.3. The molecule has 6 heteroatoms. The number of hydrogen-bond donors (Lipinski definition) is 0. The van der Waals surface area contributed by atoms with Crippen molar-refractivity contribution in [3.8, 4) is 0 Å². The molecule has 2 aromatic heterocycles. The summed E-state index contributed by atoms with van der Waals surface area (Å²) in [6.07, 6.45) is 5.43. The highest BCUT2D eigenvalue weighted by molar-refractivity contribution is 5.66. The molecule has 0 spiro atoms. The number of alkyl halides is 2. The third-order valence-electron chi connectivity index (χ3n) is 5.50. The van der Waals surface area contributed by atoms with E-state index < -0.39 is 5.92 Å². The Labute approximate surface area is 169 Å². The van der Waals surface area contributed by atoms with Crippen molar-refractivity contribution in [2.45, 2.75) is 44.6 Å². The lowest BCUT2D eigenvalue weighted by molar-refractivity contribution is -0.0457. The van der Waals surface area contributed by atoms with E-state index in [0.29, 0.717) is 26.1 Å². The first-order valence-corrected chi connectivity index (χ1v) is 10.0. The van der Waals surface area contributed by atoms with Crippen LogP contribution in [-0.4, -0.2) is 27.1 Å². The van der Waals surface area contributed by atoms with Crippen molar-refractivity contribution in [2.24, 2.45) is 5.92 Å². The summed E-state index contributed by atoms with van der Waals surface area (Å²) >= 11 is 0. The zero-order valence-electron chi connectivity index (χ0n) is 16.4. The van der Waals surface area contributed by atoms with Crippen molar-refractivity contribution < 1.29 is 13.5 Å². The fourth-order valence-electron chi connectivity index (χ4n) is 3.77. The molecule has 0 N–H and O–H groups in total. The molecular formula is C23H25F2N3O. The van der Waals surface area contributed by atoms with E-state index in [9.17, 15) is 8.78 Å². The van der Waals surface area contributed by atoms with Crippen molar-refractivity contribution in [3.63, 3.8) is 0 Å². The van der Waals surface area contributed by atoms with Gasteiger partial charge in [0.2, 0.25) is 5.92 Å². The molecule has 1 aliphatic rings. The lowest BCUT2D eigenvalue weighted by Crippen LogP contribution is -2.25. The summed E-state index contributed by atoms with van der Waals surface area (Å²) in [7, 11) is 0. The third-order valence-corrected chi connectivity index (χ3v) is 5.50. The van der Waals surface area contributed by atoms with E-state index in [-0.39, 0.29) is 18.8 Å². The molecule has 0 aliphatic heterocycles. The molecule has 29 heavy (non-hydrogen) atoms. The predicted molar refractivity (Wildman–Crippen MR) is 109 cm³/mol. The molecule has 0 amide bonds. The number of nitrogens with zero attached hydrogens (tertiary/aromatic N) is 3. The van der Waals surface area contributed by atoms with E-state index in [2.05, 4.69) is 16.7 Å². The third kappa shape index (κ3) is 5.07. The standard InChI is InChI=1S/C23H25F2N3O/c1-17(15-29-16-19-5-3-2-4-6-19)20-12-22-27-21(14-28(22)26-13-20)11-18-7-9-23(24,25)10-8-18/h2-6,12-14,18H,1,7-11,15-16H2. The molecule has 1 fully saturated rings. The monoisotopic (exact) mass is 397 g/mol. The second kappa shape index (κ2) is 8.41. The van der Waals surface area contributed by atoms with Crippen LogP contribution >= 0.6 is 0 Å². The second-order valence-electron chi connectivity index (χ2n) is 7.86. The molecule has 0 saturated heterocycles. The summed E-state index contributed by atoms with van der Waals surface area (Å²) in [6.45, 7) is 5.05. The van der Waals surface area contributed by atoms with E-state index in [4.69, 9.17) is 4.74 Å². The van der Waals surface area contributed by atoms with Crippen molar-refractivity contribution >= 4 is 11.2 Å². The second-order valence-corrected chi connectivity index (χ2v) is 7.86.